The molecule has 602 valence electrons. The summed E-state index contributed by atoms with van der Waals surface area (Å²) in [4.78, 5) is 24.8. The van der Waals surface area contributed by atoms with Crippen LogP contribution in [0.1, 0.15) is 69.6 Å². The highest BCUT2D eigenvalue weighted by molar-refractivity contribution is 7.85. The Morgan fingerprint density at radius 2 is 0.838 bits per heavy atom. The van der Waals surface area contributed by atoms with Gasteiger partial charge in [0.15, 0.2) is 12.3 Å². The fourth-order valence-corrected chi connectivity index (χ4v) is 11.4. The first kappa shape index (κ1) is 93.0. The lowest BCUT2D eigenvalue weighted by atomic mass is 9.78. The van der Waals surface area contributed by atoms with Gasteiger partial charge in [-0.1, -0.05) is 42.3 Å². The number of rotatable bonds is 74. The van der Waals surface area contributed by atoms with E-state index in [-0.39, 0.29) is 17.9 Å². The zero-order valence-corrected chi connectivity index (χ0v) is 64.3. The van der Waals surface area contributed by atoms with E-state index in [4.69, 9.17) is 105 Å². The molecule has 1 atom stereocenters. The fraction of sp³-hybridized carbons (Fsp3) is 0.733. The summed E-state index contributed by atoms with van der Waals surface area (Å²) < 4.78 is 149. The van der Waals surface area contributed by atoms with Gasteiger partial charge in [0.25, 0.3) is 0 Å². The lowest BCUT2D eigenvalue weighted by Crippen LogP contribution is -2.30. The van der Waals surface area contributed by atoms with E-state index < -0.39 is 26.9 Å². The van der Waals surface area contributed by atoms with Gasteiger partial charge in [-0.2, -0.15) is 4.58 Å². The van der Waals surface area contributed by atoms with E-state index >= 15 is 0 Å². The number of fused-ring (bicyclic) bond motifs is 2. The molecule has 0 saturated heterocycles. The van der Waals surface area contributed by atoms with Crippen LogP contribution in [0.25, 0.3) is 0 Å². The number of aryl methyl sites for hydroxylation is 1. The molecule has 0 amide bonds. The van der Waals surface area contributed by atoms with Crippen LogP contribution in [0.4, 0.5) is 11.4 Å². The van der Waals surface area contributed by atoms with E-state index in [0.29, 0.717) is 289 Å². The standard InChI is InChI=1S/C75H124N2O27S/c1-65-16-18-70-68(63-65)75(4,20-23-103-104-62-61-102-60-59-101-58-57-100-56-55-99-54-50-96-46-44-93-40-38-90-34-32-87-28-26-84-6)72(76(70)21-12-8-11-15-73(78)79)14-10-7-9-13-71-74(2,3)67-64-66(105(80,81)82)17-19-69(67)77(71)22-24-85-29-30-88-35-36-91-41-42-94-47-48-97-52-53-98-51-49-95-45-43-92-39-37-89-33-31-86-27-25-83-5/h7,9-10,13-14,16-19,63-64H,8,11-12,15,20-62H2,1-6H3,(H-,78,79,80,81,82). The number of unbranched alkanes of at least 4 members (excludes halogenated alkanes) is 2. The minimum absolute atomic E-state index is 0.118. The van der Waals surface area contributed by atoms with Gasteiger partial charge in [0, 0.05) is 61.7 Å². The minimum atomic E-state index is -4.72. The topological polar surface area (TPSA) is 304 Å². The second-order valence-electron chi connectivity index (χ2n) is 24.7. The third kappa shape index (κ3) is 41.9. The number of anilines is 1. The molecular weight excluding hydrogens is 1390 g/mol. The molecule has 0 radical (unpaired) electrons. The molecule has 2 aliphatic heterocycles. The molecule has 0 aromatic heterocycles. The van der Waals surface area contributed by atoms with Crippen LogP contribution in [0.2, 0.25) is 0 Å². The third-order valence-electron chi connectivity index (χ3n) is 16.4. The molecule has 0 fully saturated rings. The largest absolute Gasteiger partial charge is 0.744 e. The molecule has 4 rings (SSSR count). The number of benzene rings is 2. The monoisotopic (exact) mass is 1520 g/mol. The minimum Gasteiger partial charge on any atom is -0.744 e. The molecule has 2 aliphatic rings. The van der Waals surface area contributed by atoms with E-state index in [0.717, 1.165) is 46.8 Å². The number of carboxylic acids is 1. The van der Waals surface area contributed by atoms with E-state index in [1.54, 1.807) is 20.3 Å². The van der Waals surface area contributed by atoms with Crippen LogP contribution in [-0.4, -0.2) is 326 Å². The zero-order chi connectivity index (χ0) is 75.4. The summed E-state index contributed by atoms with van der Waals surface area (Å²) in [6, 6.07) is 11.0. The van der Waals surface area contributed by atoms with E-state index in [2.05, 4.69) is 47.6 Å². The molecule has 0 saturated carbocycles. The predicted molar refractivity (Wildman–Crippen MR) is 391 cm³/mol. The highest BCUT2D eigenvalue weighted by Crippen LogP contribution is 2.50. The number of hydrogen-bond acceptors (Lipinski definition) is 27. The van der Waals surface area contributed by atoms with Crippen LogP contribution in [0.3, 0.4) is 0 Å². The Balaban J connectivity index is 1.15. The first-order valence-electron chi connectivity index (χ1n) is 36.8. The van der Waals surface area contributed by atoms with Crippen molar-refractivity contribution in [1.29, 1.82) is 0 Å². The maximum atomic E-state index is 12.3. The maximum Gasteiger partial charge on any atom is 0.303 e. The van der Waals surface area contributed by atoms with Crippen LogP contribution in [0, 0.1) is 6.92 Å². The Kier molecular flexibility index (Phi) is 53.5. The molecular formula is C75H124N2O27S. The average molecular weight is 1520 g/mol. The Bertz CT molecular complexity index is 2780. The van der Waals surface area contributed by atoms with Crippen molar-refractivity contribution < 1.29 is 132 Å². The molecule has 105 heavy (non-hydrogen) atoms. The summed E-state index contributed by atoms with van der Waals surface area (Å²) in [7, 11) is -1.44. The van der Waals surface area contributed by atoms with Crippen LogP contribution in [-0.2, 0) is 130 Å². The number of hydrogen-bond donors (Lipinski definition) is 1. The third-order valence-corrected chi connectivity index (χ3v) is 17.2. The van der Waals surface area contributed by atoms with Crippen molar-refractivity contribution in [3.63, 3.8) is 0 Å². The summed E-state index contributed by atoms with van der Waals surface area (Å²) in [6.07, 6.45) is 12.9. The molecule has 2 heterocycles. The van der Waals surface area contributed by atoms with E-state index in [1.807, 2.05) is 38.2 Å². The van der Waals surface area contributed by atoms with Crippen LogP contribution in [0.5, 0.6) is 0 Å². The molecule has 0 aliphatic carbocycles. The van der Waals surface area contributed by atoms with Gasteiger partial charge in [0.1, 0.15) is 23.3 Å². The van der Waals surface area contributed by atoms with Crippen LogP contribution >= 0.6 is 0 Å². The highest BCUT2D eigenvalue weighted by atomic mass is 32.2. The van der Waals surface area contributed by atoms with Gasteiger partial charge < -0.3 is 109 Å². The summed E-state index contributed by atoms with van der Waals surface area (Å²) in [6.45, 7) is 27.4. The van der Waals surface area contributed by atoms with Crippen molar-refractivity contribution in [2.75, 3.05) is 296 Å². The molecule has 0 bridgehead atoms. The van der Waals surface area contributed by atoms with E-state index in [9.17, 15) is 22.9 Å². The number of nitrogens with zero attached hydrogens (tertiary/aromatic N) is 2. The number of ether oxygens (including phenoxy) is 20. The summed E-state index contributed by atoms with van der Waals surface area (Å²) in [5.74, 6) is -0.806. The molecule has 29 nitrogen and oxygen atoms in total. The van der Waals surface area contributed by atoms with Gasteiger partial charge in [-0.15, -0.1) is 0 Å². The van der Waals surface area contributed by atoms with Gasteiger partial charge in [0.2, 0.25) is 5.69 Å². The van der Waals surface area contributed by atoms with Crippen molar-refractivity contribution in [1.82, 2.24) is 0 Å². The maximum absolute atomic E-state index is 12.3. The highest BCUT2D eigenvalue weighted by Gasteiger charge is 2.45. The summed E-state index contributed by atoms with van der Waals surface area (Å²) >= 11 is 0. The van der Waals surface area contributed by atoms with Gasteiger partial charge in [0.05, 0.1) is 261 Å². The molecule has 1 N–H and O–H groups in total. The Hall–Kier alpha value is -4.37. The van der Waals surface area contributed by atoms with Gasteiger partial charge in [-0.05, 0) is 76.8 Å². The summed E-state index contributed by atoms with van der Waals surface area (Å²) in [5.41, 5.74) is 5.62. The number of aliphatic carboxylic acids is 1. The van der Waals surface area contributed by atoms with Crippen LogP contribution < -0.4 is 4.90 Å². The Labute approximate surface area is 623 Å². The molecule has 30 heteroatoms. The SMILES string of the molecule is COCCOCCOCCOCCOCCOCCOCCOCCOCCOCCOCC[N+]1=C(C=CC=CC=C2N(CCCCCC(=O)O)c3ccc(C)cc3C2(C)CCOOCCOCCOCCOCCOCCOCCOCCOCCOCCOC)C(C)(C)c2cc(S(=O)(=O)[O-])ccc21. The lowest BCUT2D eigenvalue weighted by Gasteiger charge is -2.30. The van der Waals surface area contributed by atoms with Crippen molar-refractivity contribution in [2.45, 2.75) is 75.5 Å². The van der Waals surface area contributed by atoms with Crippen LogP contribution in [0.15, 0.2) is 77.4 Å². The molecule has 2 aromatic rings. The predicted octanol–water partition coefficient (Wildman–Crippen LogP) is 6.62. The molecule has 0 spiro atoms. The van der Waals surface area contributed by atoms with Gasteiger partial charge >= 0.3 is 5.97 Å². The fourth-order valence-electron chi connectivity index (χ4n) is 10.9. The van der Waals surface area contributed by atoms with Crippen molar-refractivity contribution in [3.05, 3.63) is 89.2 Å². The number of carboxylic acid groups (broad SMARTS) is 1. The smallest absolute Gasteiger partial charge is 0.303 e. The van der Waals surface area contributed by atoms with Crippen molar-refractivity contribution in [3.8, 4) is 0 Å². The lowest BCUT2D eigenvalue weighted by molar-refractivity contribution is -0.442. The molecule has 1 unspecified atom stereocenters. The van der Waals surface area contributed by atoms with Gasteiger partial charge in [-0.3, -0.25) is 4.79 Å². The average Bonchev–Trinajstić information content (AvgIpc) is 1.60. The second-order valence-corrected chi connectivity index (χ2v) is 26.1. The van der Waals surface area contributed by atoms with Crippen molar-refractivity contribution in [2.24, 2.45) is 0 Å². The Morgan fingerprint density at radius 3 is 1.23 bits per heavy atom. The summed E-state index contributed by atoms with van der Waals surface area (Å²) in [5, 5.41) is 9.34. The number of allylic oxidation sites excluding steroid dienone is 6. The number of carbonyl (C=O) groups is 1. The van der Waals surface area contributed by atoms with E-state index in [1.165, 1.54) is 12.1 Å². The second kappa shape index (κ2) is 60.4. The molecule has 2 aromatic carbocycles. The zero-order valence-electron chi connectivity index (χ0n) is 63.4. The van der Waals surface area contributed by atoms with Gasteiger partial charge in [-0.25, -0.2) is 18.2 Å². The normalized spacial score (nSPS) is 15.5. The first-order chi connectivity index (χ1) is 51.3. The Morgan fingerprint density at radius 1 is 0.457 bits per heavy atom. The van der Waals surface area contributed by atoms with Crippen molar-refractivity contribution >= 4 is 33.2 Å². The number of methoxy groups -OCH3 is 2. The first-order valence-corrected chi connectivity index (χ1v) is 38.2. The quantitative estimate of drug-likeness (QED) is 0.0181.